The van der Waals surface area contributed by atoms with Gasteiger partial charge in [-0.3, -0.25) is 4.79 Å². The molecule has 0 aliphatic carbocycles. The summed E-state index contributed by atoms with van der Waals surface area (Å²) in [5.41, 5.74) is -1.45. The van der Waals surface area contributed by atoms with Crippen LogP contribution in [0.5, 0.6) is 40.2 Å². The Balaban J connectivity index is 1.19. The molecule has 3 aliphatic heterocycles. The molecule has 370 valence electrons. The van der Waals surface area contributed by atoms with Crippen LogP contribution < -0.4 is 19.6 Å². The van der Waals surface area contributed by atoms with E-state index < -0.39 is 163 Å². The molecule has 25 nitrogen and oxygen atoms in total. The maximum Gasteiger partial charge on any atom is 0.330 e. The Hall–Kier alpha value is -5.88. The highest BCUT2D eigenvalue weighted by Gasteiger charge is 2.52. The average molecular weight is 965 g/mol. The number of phenolic OH excluding ortho intramolecular Hbond substituents is 4. The number of carbonyl (C=O) groups is 1. The Morgan fingerprint density at radius 2 is 1.26 bits per heavy atom. The number of phenols is 4. The third-order valence-electron chi connectivity index (χ3n) is 11.3. The van der Waals surface area contributed by atoms with E-state index >= 15 is 0 Å². The number of rotatable bonds is 14. The van der Waals surface area contributed by atoms with Crippen LogP contribution in [0.4, 0.5) is 0 Å². The van der Waals surface area contributed by atoms with Gasteiger partial charge in [-0.1, -0.05) is 6.07 Å². The molecule has 15 atom stereocenters. The van der Waals surface area contributed by atoms with Crippen LogP contribution in [0, 0.1) is 0 Å². The summed E-state index contributed by atoms with van der Waals surface area (Å²) in [5.74, 6) is -5.02. The van der Waals surface area contributed by atoms with Gasteiger partial charge in [0.15, 0.2) is 41.2 Å². The smallest absolute Gasteiger partial charge is 0.330 e. The Kier molecular flexibility index (Phi) is 15.3. The maximum absolute atomic E-state index is 14.5. The molecule has 0 radical (unpaired) electrons. The third kappa shape index (κ3) is 10.1. The Bertz CT molecular complexity index is 2510. The summed E-state index contributed by atoms with van der Waals surface area (Å²) in [6, 6.07) is 9.17. The van der Waals surface area contributed by atoms with Gasteiger partial charge in [-0.25, -0.2) is 4.79 Å². The summed E-state index contributed by atoms with van der Waals surface area (Å²) < 4.78 is 50.4. The monoisotopic (exact) mass is 964 g/mol. The van der Waals surface area contributed by atoms with Crippen LogP contribution in [-0.4, -0.2) is 197 Å². The summed E-state index contributed by atoms with van der Waals surface area (Å²) in [6.07, 6.45) is -26.0. The molecular weight excluding hydrogens is 916 g/mol. The second-order valence-corrected chi connectivity index (χ2v) is 15.8. The van der Waals surface area contributed by atoms with Crippen molar-refractivity contribution in [1.82, 2.24) is 0 Å². The topological polar surface area (TPSA) is 404 Å². The number of hydrogen-bond acceptors (Lipinski definition) is 25. The number of aliphatic hydroxyl groups excluding tert-OH is 10. The lowest BCUT2D eigenvalue weighted by molar-refractivity contribution is -0.358. The highest BCUT2D eigenvalue weighted by Crippen LogP contribution is 2.41. The zero-order valence-corrected chi connectivity index (χ0v) is 35.3. The first kappa shape index (κ1) is 50.0. The van der Waals surface area contributed by atoms with Crippen molar-refractivity contribution in [2.75, 3.05) is 26.9 Å². The molecule has 7 rings (SSSR count). The van der Waals surface area contributed by atoms with Crippen LogP contribution in [0.3, 0.4) is 0 Å². The fourth-order valence-corrected chi connectivity index (χ4v) is 7.49. The highest BCUT2D eigenvalue weighted by molar-refractivity contribution is 5.89. The van der Waals surface area contributed by atoms with Crippen molar-refractivity contribution < 1.29 is 119 Å². The minimum atomic E-state index is -2.13. The molecule has 0 unspecified atom stereocenters. The molecule has 25 heteroatoms. The Morgan fingerprint density at radius 1 is 0.647 bits per heavy atom. The number of carbonyl (C=O) groups excluding carboxylic acids is 1. The van der Waals surface area contributed by atoms with Gasteiger partial charge >= 0.3 is 5.97 Å². The summed E-state index contributed by atoms with van der Waals surface area (Å²) >= 11 is 0. The second-order valence-electron chi connectivity index (χ2n) is 15.8. The van der Waals surface area contributed by atoms with E-state index in [1.165, 1.54) is 31.4 Å². The number of fused-ring (bicyclic) bond motifs is 1. The van der Waals surface area contributed by atoms with Gasteiger partial charge in [0, 0.05) is 23.8 Å². The number of hydrogen-bond donors (Lipinski definition) is 14. The normalized spacial score (nSPS) is 32.0. The van der Waals surface area contributed by atoms with Crippen molar-refractivity contribution >= 4 is 23.0 Å². The largest absolute Gasteiger partial charge is 0.507 e. The van der Waals surface area contributed by atoms with Gasteiger partial charge < -0.3 is 114 Å². The third-order valence-corrected chi connectivity index (χ3v) is 11.3. The fourth-order valence-electron chi connectivity index (χ4n) is 7.49. The van der Waals surface area contributed by atoms with Crippen LogP contribution in [0.2, 0.25) is 0 Å². The van der Waals surface area contributed by atoms with Crippen molar-refractivity contribution in [3.63, 3.8) is 0 Å². The van der Waals surface area contributed by atoms with Crippen molar-refractivity contribution in [2.24, 2.45) is 0 Å². The molecule has 4 aromatic rings. The fraction of sp³-hybridized carbons (Fsp3) is 0.442. The van der Waals surface area contributed by atoms with E-state index in [-0.39, 0.29) is 22.8 Å². The van der Waals surface area contributed by atoms with Gasteiger partial charge in [0.1, 0.15) is 96.2 Å². The number of aliphatic hydroxyl groups is 10. The Morgan fingerprint density at radius 3 is 1.93 bits per heavy atom. The lowest BCUT2D eigenvalue weighted by atomic mass is 9.97. The highest BCUT2D eigenvalue weighted by atomic mass is 16.8. The van der Waals surface area contributed by atoms with Crippen molar-refractivity contribution in [3.05, 3.63) is 70.4 Å². The van der Waals surface area contributed by atoms with Crippen LogP contribution in [0.1, 0.15) is 5.56 Å². The van der Waals surface area contributed by atoms with E-state index in [1.54, 1.807) is 0 Å². The summed E-state index contributed by atoms with van der Waals surface area (Å²) in [6.45, 7) is -2.52. The molecular formula is C43H48O25. The predicted molar refractivity (Wildman–Crippen MR) is 222 cm³/mol. The summed E-state index contributed by atoms with van der Waals surface area (Å²) in [5, 5.41) is 146. The number of methoxy groups -OCH3 is 1. The van der Waals surface area contributed by atoms with Crippen LogP contribution in [-0.2, 0) is 28.5 Å². The van der Waals surface area contributed by atoms with E-state index in [1.807, 2.05) is 0 Å². The van der Waals surface area contributed by atoms with Gasteiger partial charge in [-0.15, -0.1) is 0 Å². The molecule has 4 heterocycles. The lowest BCUT2D eigenvalue weighted by Gasteiger charge is -2.45. The molecule has 0 bridgehead atoms. The average Bonchev–Trinajstić information content (AvgIpc) is 3.32. The van der Waals surface area contributed by atoms with Crippen LogP contribution >= 0.6 is 0 Å². The number of aromatic hydroxyl groups is 4. The van der Waals surface area contributed by atoms with Gasteiger partial charge in [0.2, 0.25) is 23.8 Å². The predicted octanol–water partition coefficient (Wildman–Crippen LogP) is -3.26. The van der Waals surface area contributed by atoms with Gasteiger partial charge in [-0.05, 0) is 42.0 Å². The number of benzene rings is 3. The molecule has 0 spiro atoms. The zero-order valence-electron chi connectivity index (χ0n) is 35.3. The van der Waals surface area contributed by atoms with Crippen LogP contribution in [0.25, 0.3) is 28.4 Å². The van der Waals surface area contributed by atoms with E-state index in [4.69, 9.17) is 42.3 Å². The molecule has 68 heavy (non-hydrogen) atoms. The van der Waals surface area contributed by atoms with Gasteiger partial charge in [0.05, 0.1) is 20.3 Å². The van der Waals surface area contributed by atoms with E-state index in [0.717, 1.165) is 36.4 Å². The van der Waals surface area contributed by atoms with Gasteiger partial charge in [0.25, 0.3) is 0 Å². The quantitative estimate of drug-likeness (QED) is 0.0335. The molecule has 0 saturated carbocycles. The van der Waals surface area contributed by atoms with E-state index in [0.29, 0.717) is 5.56 Å². The minimum absolute atomic E-state index is 0.121. The van der Waals surface area contributed by atoms with E-state index in [2.05, 4.69) is 0 Å². The molecule has 0 amide bonds. The first-order chi connectivity index (χ1) is 32.3. The molecule has 1 aromatic heterocycles. The first-order valence-electron chi connectivity index (χ1n) is 20.5. The summed E-state index contributed by atoms with van der Waals surface area (Å²) in [7, 11) is 1.32. The Labute approximate surface area is 382 Å². The first-order valence-corrected chi connectivity index (χ1v) is 20.5. The standard InChI is InChI=1S/C43H48O25/c1-60-22-8-15(2-5-19(22)47)3-7-27(50)61-14-26-31(53)34(56)37(59)42(66-26)68-40-35(57)30(52)25(13-45)65-43(40)67-39-32(54)28-21(49)10-17(62-41-36(58)33(55)29(51)24(12-44)64-41)11-23(28)63-38(39)16-4-6-18(46)20(48)9-16/h2-11,24-26,29-31,33-37,40-49,51-53,55-59H,12-14H2,1H3/b7-3+/t24-,25+,26+,29-,30+,31+,33+,34-,35-,36+,37+,40+,41+,42-,43-/m0/s1. The molecule has 3 fully saturated rings. The second kappa shape index (κ2) is 20.8. The maximum atomic E-state index is 14.5. The molecule has 3 aromatic carbocycles. The van der Waals surface area contributed by atoms with Gasteiger partial charge in [-0.2, -0.15) is 0 Å². The van der Waals surface area contributed by atoms with Crippen molar-refractivity contribution in [2.45, 2.75) is 92.1 Å². The SMILES string of the molecule is COc1cc(/C=C/C(=O)OC[C@H]2O[C@@H](O[C@H]3[C@H](Oc4c(-c5ccc(O)c(O)c5)oc5cc(O[C@@H]6O[C@@H](CO)[C@H](O)[C@@H](O)[C@H]6O)cc(O)c5c4=O)O[C@H](CO)[C@@H](O)[C@@H]3O)[C@H](O)[C@@H](O)[C@@H]2O)ccc1O. The number of ether oxygens (including phenoxy) is 8. The van der Waals surface area contributed by atoms with E-state index in [9.17, 15) is 81.1 Å². The molecule has 3 saturated heterocycles. The molecule has 3 aliphatic rings. The van der Waals surface area contributed by atoms with Crippen LogP contribution in [0.15, 0.2) is 63.8 Å². The summed E-state index contributed by atoms with van der Waals surface area (Å²) in [4.78, 5) is 27.1. The van der Waals surface area contributed by atoms with Crippen molar-refractivity contribution in [3.8, 4) is 51.6 Å². The van der Waals surface area contributed by atoms with Crippen molar-refractivity contribution in [1.29, 1.82) is 0 Å². The molecule has 14 N–H and O–H groups in total. The zero-order chi connectivity index (χ0) is 49.3. The number of esters is 1. The minimum Gasteiger partial charge on any atom is -0.507 e. The lowest BCUT2D eigenvalue weighted by Crippen LogP contribution is -2.65.